The van der Waals surface area contributed by atoms with Gasteiger partial charge in [0.1, 0.15) is 11.7 Å². The van der Waals surface area contributed by atoms with Gasteiger partial charge in [0.25, 0.3) is 0 Å². The summed E-state index contributed by atoms with van der Waals surface area (Å²) in [4.78, 5) is 22.6. The summed E-state index contributed by atoms with van der Waals surface area (Å²) in [6.45, 7) is 6.74. The molecule has 3 unspecified atom stereocenters. The lowest BCUT2D eigenvalue weighted by atomic mass is 10.1. The van der Waals surface area contributed by atoms with E-state index >= 15 is 0 Å². The van der Waals surface area contributed by atoms with Gasteiger partial charge >= 0.3 is 12.1 Å². The van der Waals surface area contributed by atoms with Gasteiger partial charge in [-0.1, -0.05) is 0 Å². The average Bonchev–Trinajstić information content (AvgIpc) is 2.42. The largest absolute Gasteiger partial charge is 0.457 e. The van der Waals surface area contributed by atoms with E-state index in [0.29, 0.717) is 0 Å². The smallest absolute Gasteiger partial charge is 0.408 e. The van der Waals surface area contributed by atoms with Crippen molar-refractivity contribution in [2.45, 2.75) is 58.0 Å². The summed E-state index contributed by atoms with van der Waals surface area (Å²) in [5.74, 6) is -0.433. The van der Waals surface area contributed by atoms with Crippen molar-refractivity contribution in [3.8, 4) is 0 Å². The molecule has 0 bridgehead atoms. The number of ether oxygens (including phenoxy) is 2. The number of aliphatic hydroxyl groups is 1. The first-order valence-electron chi connectivity index (χ1n) is 5.56. The first kappa shape index (κ1) is 13.8. The number of amides is 1. The molecular weight excluding hydrogens is 226 g/mol. The van der Waals surface area contributed by atoms with Crippen LogP contribution in [0.15, 0.2) is 0 Å². The van der Waals surface area contributed by atoms with Crippen LogP contribution in [0.1, 0.15) is 34.1 Å². The van der Waals surface area contributed by atoms with Crippen LogP contribution in [0.5, 0.6) is 0 Å². The number of hydrogen-bond acceptors (Lipinski definition) is 5. The molecule has 17 heavy (non-hydrogen) atoms. The van der Waals surface area contributed by atoms with E-state index < -0.39 is 35.9 Å². The molecule has 98 valence electrons. The van der Waals surface area contributed by atoms with Crippen LogP contribution in [-0.2, 0) is 14.3 Å². The molecule has 1 saturated heterocycles. The van der Waals surface area contributed by atoms with Crippen molar-refractivity contribution >= 4 is 12.1 Å². The second kappa shape index (κ2) is 4.91. The first-order chi connectivity index (χ1) is 7.69. The van der Waals surface area contributed by atoms with E-state index in [4.69, 9.17) is 9.47 Å². The van der Waals surface area contributed by atoms with Gasteiger partial charge in [0, 0.05) is 0 Å². The van der Waals surface area contributed by atoms with Gasteiger partial charge in [-0.3, -0.25) is 4.79 Å². The maximum absolute atomic E-state index is 11.5. The molecule has 0 saturated carbocycles. The Labute approximate surface area is 100 Å². The highest BCUT2D eigenvalue weighted by Gasteiger charge is 2.39. The number of carbonyl (C=O) groups excluding carboxylic acids is 2. The van der Waals surface area contributed by atoms with E-state index in [9.17, 15) is 14.7 Å². The highest BCUT2D eigenvalue weighted by molar-refractivity contribution is 5.75. The molecule has 0 spiro atoms. The van der Waals surface area contributed by atoms with Gasteiger partial charge in [0.2, 0.25) is 0 Å². The van der Waals surface area contributed by atoms with Gasteiger partial charge in [-0.15, -0.1) is 0 Å². The highest BCUT2D eigenvalue weighted by Crippen LogP contribution is 2.19. The van der Waals surface area contributed by atoms with Crippen molar-refractivity contribution in [2.24, 2.45) is 0 Å². The van der Waals surface area contributed by atoms with Crippen LogP contribution >= 0.6 is 0 Å². The van der Waals surface area contributed by atoms with E-state index in [0.717, 1.165) is 0 Å². The quantitative estimate of drug-likeness (QED) is 0.695. The molecule has 6 heteroatoms. The molecular formula is C11H19NO5. The summed E-state index contributed by atoms with van der Waals surface area (Å²) in [6.07, 6.45) is -2.11. The van der Waals surface area contributed by atoms with Gasteiger partial charge in [0.15, 0.2) is 0 Å². The second-order valence-corrected chi connectivity index (χ2v) is 5.15. The van der Waals surface area contributed by atoms with Crippen molar-refractivity contribution in [2.75, 3.05) is 0 Å². The van der Waals surface area contributed by atoms with Crippen LogP contribution in [0.4, 0.5) is 4.79 Å². The normalized spacial score (nSPS) is 26.3. The van der Waals surface area contributed by atoms with Crippen molar-refractivity contribution in [1.29, 1.82) is 0 Å². The molecule has 1 heterocycles. The standard InChI is InChI=1S/C11H19NO5/c1-6(13)9-7(5-8(14)16-9)12-10(15)17-11(2,3)4/h6-7,9,13H,5H2,1-4H3,(H,12,15). The number of carbonyl (C=O) groups is 2. The molecule has 0 aromatic heterocycles. The predicted octanol–water partition coefficient (Wildman–Crippen LogP) is 0.576. The number of alkyl carbamates (subject to hydrolysis) is 1. The lowest BCUT2D eigenvalue weighted by Crippen LogP contribution is -2.46. The molecule has 0 aromatic rings. The van der Waals surface area contributed by atoms with Gasteiger partial charge < -0.3 is 19.9 Å². The molecule has 3 atom stereocenters. The Kier molecular flexibility index (Phi) is 3.98. The molecule has 0 aliphatic carbocycles. The van der Waals surface area contributed by atoms with Crippen LogP contribution in [0.2, 0.25) is 0 Å². The van der Waals surface area contributed by atoms with E-state index in [1.54, 1.807) is 20.8 Å². The van der Waals surface area contributed by atoms with Gasteiger partial charge in [-0.05, 0) is 27.7 Å². The number of cyclic esters (lactones) is 1. The summed E-state index contributed by atoms with van der Waals surface area (Å²) < 4.78 is 9.97. The van der Waals surface area contributed by atoms with Crippen molar-refractivity contribution in [1.82, 2.24) is 5.32 Å². The lowest BCUT2D eigenvalue weighted by molar-refractivity contribution is -0.145. The summed E-state index contributed by atoms with van der Waals surface area (Å²) >= 11 is 0. The van der Waals surface area contributed by atoms with Crippen LogP contribution in [0.3, 0.4) is 0 Å². The topological polar surface area (TPSA) is 84.9 Å². The van der Waals surface area contributed by atoms with E-state index in [1.165, 1.54) is 6.92 Å². The minimum absolute atomic E-state index is 0.0504. The molecule has 1 fully saturated rings. The Morgan fingerprint density at radius 2 is 2.18 bits per heavy atom. The maximum atomic E-state index is 11.5. The number of nitrogens with one attached hydrogen (secondary N) is 1. The molecule has 1 aliphatic heterocycles. The molecule has 2 N–H and O–H groups in total. The second-order valence-electron chi connectivity index (χ2n) is 5.15. The number of rotatable bonds is 2. The van der Waals surface area contributed by atoms with Gasteiger partial charge in [0.05, 0.1) is 18.6 Å². The predicted molar refractivity (Wildman–Crippen MR) is 59.3 cm³/mol. The van der Waals surface area contributed by atoms with Crippen molar-refractivity contribution < 1.29 is 24.2 Å². The van der Waals surface area contributed by atoms with Crippen molar-refractivity contribution in [3.05, 3.63) is 0 Å². The summed E-state index contributed by atoms with van der Waals surface area (Å²) in [5.41, 5.74) is -0.603. The van der Waals surface area contributed by atoms with E-state index in [2.05, 4.69) is 5.32 Å². The summed E-state index contributed by atoms with van der Waals surface area (Å²) in [6, 6.07) is -0.544. The zero-order chi connectivity index (χ0) is 13.2. The third-order valence-electron chi connectivity index (χ3n) is 2.23. The van der Waals surface area contributed by atoms with Crippen LogP contribution < -0.4 is 5.32 Å². The van der Waals surface area contributed by atoms with Crippen LogP contribution in [0.25, 0.3) is 0 Å². The maximum Gasteiger partial charge on any atom is 0.408 e. The zero-order valence-corrected chi connectivity index (χ0v) is 10.5. The Bertz CT molecular complexity index is 307. The summed E-state index contributed by atoms with van der Waals surface area (Å²) in [5, 5.41) is 11.9. The molecule has 6 nitrogen and oxygen atoms in total. The minimum atomic E-state index is -0.832. The number of esters is 1. The number of hydrogen-bond donors (Lipinski definition) is 2. The fraction of sp³-hybridized carbons (Fsp3) is 0.818. The monoisotopic (exact) mass is 245 g/mol. The van der Waals surface area contributed by atoms with Crippen LogP contribution in [0, 0.1) is 0 Å². The lowest BCUT2D eigenvalue weighted by Gasteiger charge is -2.24. The van der Waals surface area contributed by atoms with Gasteiger partial charge in [-0.2, -0.15) is 0 Å². The zero-order valence-electron chi connectivity index (χ0n) is 10.5. The Morgan fingerprint density at radius 1 is 1.59 bits per heavy atom. The minimum Gasteiger partial charge on any atom is -0.457 e. The third-order valence-corrected chi connectivity index (χ3v) is 2.23. The molecule has 0 aromatic carbocycles. The molecule has 0 radical (unpaired) electrons. The molecule has 1 rings (SSSR count). The first-order valence-corrected chi connectivity index (χ1v) is 5.56. The van der Waals surface area contributed by atoms with E-state index in [-0.39, 0.29) is 6.42 Å². The van der Waals surface area contributed by atoms with Crippen molar-refractivity contribution in [3.63, 3.8) is 0 Å². The van der Waals surface area contributed by atoms with E-state index in [1.807, 2.05) is 0 Å². The Hall–Kier alpha value is -1.30. The number of aliphatic hydroxyl groups excluding tert-OH is 1. The SMILES string of the molecule is CC(O)C1OC(=O)CC1NC(=O)OC(C)(C)C. The highest BCUT2D eigenvalue weighted by atomic mass is 16.6. The average molecular weight is 245 g/mol. The molecule has 1 amide bonds. The summed E-state index contributed by atoms with van der Waals surface area (Å²) in [7, 11) is 0. The van der Waals surface area contributed by atoms with Gasteiger partial charge in [-0.25, -0.2) is 4.79 Å². The fourth-order valence-corrected chi connectivity index (χ4v) is 1.60. The van der Waals surface area contributed by atoms with Crippen LogP contribution in [-0.4, -0.2) is 41.0 Å². The Morgan fingerprint density at radius 3 is 2.65 bits per heavy atom. The third kappa shape index (κ3) is 4.22. The Balaban J connectivity index is 2.55. The molecule has 1 aliphatic rings. The fourth-order valence-electron chi connectivity index (χ4n) is 1.60.